The van der Waals surface area contributed by atoms with Crippen molar-refractivity contribution in [3.8, 4) is 0 Å². The van der Waals surface area contributed by atoms with Crippen LogP contribution in [-0.4, -0.2) is 64.5 Å². The Morgan fingerprint density at radius 1 is 0.945 bits per heavy atom. The summed E-state index contributed by atoms with van der Waals surface area (Å²) < 4.78 is 6.85. The quantitative estimate of drug-likeness (QED) is 0.128. The maximum absolute atomic E-state index is 15.0. The number of aryl methyl sites for hydroxylation is 1. The van der Waals surface area contributed by atoms with Crippen LogP contribution in [0.3, 0.4) is 0 Å². The first kappa shape index (κ1) is 36.7. The van der Waals surface area contributed by atoms with Crippen molar-refractivity contribution in [3.05, 3.63) is 129 Å². The van der Waals surface area contributed by atoms with Crippen molar-refractivity contribution in [2.45, 2.75) is 82.1 Å². The zero-order valence-corrected chi connectivity index (χ0v) is 32.1. The van der Waals surface area contributed by atoms with E-state index in [4.69, 9.17) is 4.74 Å². The number of aliphatic hydroxyl groups is 1. The Morgan fingerprint density at radius 3 is 2.33 bits per heavy atom. The molecule has 5 atom stereocenters. The monoisotopic (exact) mass is 760 g/mol. The van der Waals surface area contributed by atoms with Crippen molar-refractivity contribution in [2.75, 3.05) is 16.4 Å². The third-order valence-electron chi connectivity index (χ3n) is 12.1. The zero-order valence-electron chi connectivity index (χ0n) is 31.1. The molecular weight excluding hydrogens is 717 g/mol. The molecule has 1 spiro atoms. The number of aliphatic hydroxyl groups excluding tert-OH is 1. The van der Waals surface area contributed by atoms with E-state index in [-0.39, 0.29) is 37.1 Å². The average molecular weight is 761 g/mol. The van der Waals surface area contributed by atoms with Crippen LogP contribution in [0, 0.1) is 16.0 Å². The van der Waals surface area contributed by atoms with Crippen molar-refractivity contribution < 1.29 is 33.9 Å². The van der Waals surface area contributed by atoms with Gasteiger partial charge in [-0.2, -0.15) is 0 Å². The van der Waals surface area contributed by atoms with Gasteiger partial charge < -0.3 is 24.4 Å². The predicted molar refractivity (Wildman–Crippen MR) is 208 cm³/mol. The number of fused-ring (bicyclic) bond motifs is 4. The third-order valence-corrected chi connectivity index (χ3v) is 14.6. The van der Waals surface area contributed by atoms with Crippen molar-refractivity contribution in [3.63, 3.8) is 0 Å². The molecule has 4 aromatic carbocycles. The fourth-order valence-corrected chi connectivity index (χ4v) is 12.1. The molecular formula is C42H44N4O8Si. The Kier molecular flexibility index (Phi) is 9.23. The van der Waals surface area contributed by atoms with Crippen LogP contribution in [0.15, 0.2) is 91.0 Å². The Hall–Kier alpha value is -5.21. The summed E-state index contributed by atoms with van der Waals surface area (Å²) in [7, 11) is -3.16. The molecule has 3 amide bonds. The Balaban J connectivity index is 1.12. The highest BCUT2D eigenvalue weighted by molar-refractivity contribution is 6.71. The number of carbonyl (C=O) groups is 3. The highest BCUT2D eigenvalue weighted by Crippen LogP contribution is 2.60. The van der Waals surface area contributed by atoms with Crippen LogP contribution >= 0.6 is 0 Å². The van der Waals surface area contributed by atoms with Gasteiger partial charge in [0.25, 0.3) is 11.6 Å². The molecule has 1 fully saturated rings. The van der Waals surface area contributed by atoms with Gasteiger partial charge in [0.1, 0.15) is 0 Å². The van der Waals surface area contributed by atoms with Gasteiger partial charge in [0, 0.05) is 47.8 Å². The van der Waals surface area contributed by atoms with Gasteiger partial charge in [0.15, 0.2) is 13.9 Å². The molecule has 0 bridgehead atoms. The van der Waals surface area contributed by atoms with Gasteiger partial charge in [-0.1, -0.05) is 61.5 Å². The lowest BCUT2D eigenvalue weighted by Gasteiger charge is -2.37. The molecule has 55 heavy (non-hydrogen) atoms. The number of anilines is 3. The number of para-hydroxylation sites is 1. The summed E-state index contributed by atoms with van der Waals surface area (Å²) in [5, 5.41) is 22.4. The second kappa shape index (κ2) is 13.8. The molecule has 2 N–H and O–H groups in total. The summed E-state index contributed by atoms with van der Waals surface area (Å²) in [6.07, 6.45) is 0.581. The number of amides is 3. The van der Waals surface area contributed by atoms with Crippen LogP contribution in [-0.2, 0) is 50.7 Å². The Labute approximate surface area is 320 Å². The molecule has 0 aromatic heterocycles. The van der Waals surface area contributed by atoms with Gasteiger partial charge in [0.2, 0.25) is 11.8 Å². The summed E-state index contributed by atoms with van der Waals surface area (Å²) >= 11 is 0. The molecule has 0 unspecified atom stereocenters. The number of nitrogens with zero attached hydrogens (tertiary/aromatic N) is 4. The molecule has 0 saturated carbocycles. The number of carbonyl (C=O) groups excluding carboxylic acids is 3. The van der Waals surface area contributed by atoms with Crippen LogP contribution in [0.5, 0.6) is 0 Å². The van der Waals surface area contributed by atoms with Gasteiger partial charge in [-0.05, 0) is 72.5 Å². The Morgan fingerprint density at radius 2 is 1.64 bits per heavy atom. The van der Waals surface area contributed by atoms with Crippen molar-refractivity contribution in [1.29, 1.82) is 0 Å². The number of hydrogen-bond acceptors (Lipinski definition) is 8. The molecule has 8 rings (SSSR count). The molecule has 12 nitrogen and oxygen atoms in total. The normalized spacial score (nSPS) is 24.6. The second-order valence-corrected chi connectivity index (χ2v) is 19.7. The van der Waals surface area contributed by atoms with E-state index in [0.717, 1.165) is 27.9 Å². The number of hydrogen-bond donors (Lipinski definition) is 2. The Bertz CT molecular complexity index is 2210. The maximum atomic E-state index is 15.0. The molecule has 4 aliphatic heterocycles. The minimum atomic E-state index is -3.16. The number of ether oxygens (including phenoxy) is 1. The van der Waals surface area contributed by atoms with Crippen molar-refractivity contribution in [1.82, 2.24) is 4.90 Å². The lowest BCUT2D eigenvalue weighted by molar-refractivity contribution is -0.385. The van der Waals surface area contributed by atoms with Crippen LogP contribution in [0.25, 0.3) is 0 Å². The standard InChI is InChI=1S/C42H44N4O8Si/c1-26-40(55(2,3)53)37(22-39(49)43-24-30-10-5-4-9-29(30)20-33(43)25-47)54-42(26)34-21-32(46(51)52)17-18-36(34)44(41(42)50)23-27-12-15-31(16-13-27)45-35-11-7-6-8-28(35)14-19-38(45)48/h4-13,15-18,21,26,33,37,40,47,53H,14,19-20,22-25H2,1-3H3/t26-,33-,37+,40-,42+/m0/s1. The fourth-order valence-electron chi connectivity index (χ4n) is 9.51. The van der Waals surface area contributed by atoms with E-state index >= 15 is 4.79 Å². The van der Waals surface area contributed by atoms with E-state index in [0.29, 0.717) is 42.7 Å². The average Bonchev–Trinajstić information content (AvgIpc) is 3.60. The molecule has 4 aromatic rings. The lowest BCUT2D eigenvalue weighted by Crippen LogP contribution is -2.48. The van der Waals surface area contributed by atoms with E-state index in [9.17, 15) is 29.6 Å². The van der Waals surface area contributed by atoms with Crippen LogP contribution in [0.1, 0.15) is 47.6 Å². The molecule has 0 aliphatic carbocycles. The maximum Gasteiger partial charge on any atom is 0.269 e. The van der Waals surface area contributed by atoms with Crippen LogP contribution < -0.4 is 9.80 Å². The van der Waals surface area contributed by atoms with Gasteiger partial charge in [-0.25, -0.2) is 0 Å². The third kappa shape index (κ3) is 6.15. The zero-order chi connectivity index (χ0) is 38.8. The lowest BCUT2D eigenvalue weighted by atomic mass is 9.82. The second-order valence-electron chi connectivity index (χ2n) is 15.8. The number of non-ortho nitro benzene ring substituents is 1. The number of rotatable bonds is 8. The molecule has 4 aliphatic rings. The van der Waals surface area contributed by atoms with E-state index in [2.05, 4.69) is 0 Å². The van der Waals surface area contributed by atoms with Crippen molar-refractivity contribution in [2.24, 2.45) is 5.92 Å². The van der Waals surface area contributed by atoms with Gasteiger partial charge >= 0.3 is 0 Å². The number of nitro groups is 1. The molecule has 4 heterocycles. The smallest absolute Gasteiger partial charge is 0.269 e. The summed E-state index contributed by atoms with van der Waals surface area (Å²) in [6, 6.07) is 27.0. The van der Waals surface area contributed by atoms with Crippen LogP contribution in [0.2, 0.25) is 18.6 Å². The van der Waals surface area contributed by atoms with Gasteiger partial charge in [-0.15, -0.1) is 0 Å². The minimum absolute atomic E-state index is 0.000867. The van der Waals surface area contributed by atoms with Gasteiger partial charge in [-0.3, -0.25) is 29.4 Å². The highest BCUT2D eigenvalue weighted by Gasteiger charge is 2.67. The van der Waals surface area contributed by atoms with E-state index in [1.807, 2.05) is 79.7 Å². The minimum Gasteiger partial charge on any atom is -0.432 e. The van der Waals surface area contributed by atoms with E-state index in [1.165, 1.54) is 12.1 Å². The summed E-state index contributed by atoms with van der Waals surface area (Å²) in [6.45, 7) is 5.58. The van der Waals surface area contributed by atoms with Crippen molar-refractivity contribution >= 4 is 48.8 Å². The van der Waals surface area contributed by atoms with E-state index in [1.54, 1.807) is 33.9 Å². The molecule has 284 valence electrons. The summed E-state index contributed by atoms with van der Waals surface area (Å²) in [4.78, 5) is 70.6. The fraction of sp³-hybridized carbons (Fsp3) is 0.357. The first-order valence-corrected chi connectivity index (χ1v) is 21.8. The van der Waals surface area contributed by atoms with Crippen LogP contribution in [0.4, 0.5) is 22.7 Å². The SMILES string of the molecule is C[C@H]1[C@H]([Si](C)(C)O)[C@@H](CC(=O)N2Cc3ccccc3C[C@H]2CO)O[C@]12C(=O)N(Cc1ccc(N3C(=O)CCc4ccccc43)cc1)c1ccc([N+](=O)[O-])cc12. The number of benzene rings is 4. The summed E-state index contributed by atoms with van der Waals surface area (Å²) in [5.74, 6) is -1.32. The first-order valence-electron chi connectivity index (χ1n) is 18.8. The molecule has 13 heteroatoms. The molecule has 1 saturated heterocycles. The van der Waals surface area contributed by atoms with Gasteiger partial charge in [0.05, 0.1) is 48.0 Å². The summed E-state index contributed by atoms with van der Waals surface area (Å²) in [5.41, 5.74) is 3.81. The van der Waals surface area contributed by atoms with E-state index < -0.39 is 48.4 Å². The predicted octanol–water partition coefficient (Wildman–Crippen LogP) is 5.89. The highest BCUT2D eigenvalue weighted by atomic mass is 28.4. The number of nitro benzene ring substituents is 1. The largest absolute Gasteiger partial charge is 0.432 e. The topological polar surface area (TPSA) is 154 Å². The first-order chi connectivity index (χ1) is 26.3. The molecule has 0 radical (unpaired) electrons.